The van der Waals surface area contributed by atoms with Crippen molar-refractivity contribution < 1.29 is 9.53 Å². The van der Waals surface area contributed by atoms with Crippen LogP contribution in [0.4, 0.5) is 0 Å². The van der Waals surface area contributed by atoms with Gasteiger partial charge in [0.2, 0.25) is 0 Å². The molecule has 0 bridgehead atoms. The lowest BCUT2D eigenvalue weighted by Crippen LogP contribution is -2.14. The number of amidine groups is 1. The summed E-state index contributed by atoms with van der Waals surface area (Å²) in [6.45, 7) is 4.66. The van der Waals surface area contributed by atoms with E-state index in [0.717, 1.165) is 22.0 Å². The van der Waals surface area contributed by atoms with Crippen molar-refractivity contribution in [2.45, 2.75) is 20.4 Å². The van der Waals surface area contributed by atoms with Crippen LogP contribution >= 0.6 is 0 Å². The van der Waals surface area contributed by atoms with Gasteiger partial charge in [0.15, 0.2) is 0 Å². The number of aromatic nitrogens is 1. The lowest BCUT2D eigenvalue weighted by molar-refractivity contribution is 0.0515. The Balaban J connectivity index is 2.12. The maximum atomic E-state index is 12.4. The number of esters is 1. The molecule has 1 heterocycles. The molecule has 128 valence electrons. The number of aryl methyl sites for hydroxylation is 1. The molecule has 0 saturated carbocycles. The van der Waals surface area contributed by atoms with E-state index in [0.29, 0.717) is 24.4 Å². The molecule has 5 heteroatoms. The Morgan fingerprint density at radius 2 is 1.96 bits per heavy atom. The normalized spacial score (nSPS) is 10.8. The second kappa shape index (κ2) is 6.81. The van der Waals surface area contributed by atoms with Crippen molar-refractivity contribution in [1.82, 2.24) is 4.57 Å². The lowest BCUT2D eigenvalue weighted by Gasteiger charge is -2.11. The highest BCUT2D eigenvalue weighted by molar-refractivity contribution is 5.97. The zero-order chi connectivity index (χ0) is 18.0. The molecule has 1 aromatic heterocycles. The van der Waals surface area contributed by atoms with Crippen LogP contribution in [0.3, 0.4) is 0 Å². The predicted molar refractivity (Wildman–Crippen MR) is 99.2 cm³/mol. The average Bonchev–Trinajstić information content (AvgIpc) is 2.95. The van der Waals surface area contributed by atoms with Crippen LogP contribution in [0.5, 0.6) is 0 Å². The Hall–Kier alpha value is -3.08. The minimum Gasteiger partial charge on any atom is -0.461 e. The monoisotopic (exact) mass is 335 g/mol. The summed E-state index contributed by atoms with van der Waals surface area (Å²) in [4.78, 5) is 12.4. The molecule has 0 unspecified atom stereocenters. The van der Waals surface area contributed by atoms with E-state index in [9.17, 15) is 4.79 Å². The van der Waals surface area contributed by atoms with Gasteiger partial charge in [-0.3, -0.25) is 5.41 Å². The largest absolute Gasteiger partial charge is 0.461 e. The fraction of sp³-hybridized carbons (Fsp3) is 0.200. The molecule has 0 aliphatic heterocycles. The van der Waals surface area contributed by atoms with E-state index >= 15 is 0 Å². The summed E-state index contributed by atoms with van der Waals surface area (Å²) in [6.07, 6.45) is 0. The molecule has 5 nitrogen and oxygen atoms in total. The van der Waals surface area contributed by atoms with E-state index in [4.69, 9.17) is 15.9 Å². The second-order valence-electron chi connectivity index (χ2n) is 5.96. The third-order valence-corrected chi connectivity index (χ3v) is 4.23. The van der Waals surface area contributed by atoms with Gasteiger partial charge in [0.25, 0.3) is 0 Å². The van der Waals surface area contributed by atoms with E-state index in [1.54, 1.807) is 13.0 Å². The van der Waals surface area contributed by atoms with E-state index in [2.05, 4.69) is 0 Å². The molecule has 0 aliphatic carbocycles. The summed E-state index contributed by atoms with van der Waals surface area (Å²) < 4.78 is 7.18. The molecular formula is C20H21N3O2. The number of hydrogen-bond donors (Lipinski definition) is 2. The third kappa shape index (κ3) is 3.26. The van der Waals surface area contributed by atoms with Crippen LogP contribution in [0.25, 0.3) is 10.9 Å². The van der Waals surface area contributed by atoms with Gasteiger partial charge in [-0.25, -0.2) is 4.79 Å². The fourth-order valence-electron chi connectivity index (χ4n) is 3.00. The van der Waals surface area contributed by atoms with E-state index in [1.165, 1.54) is 0 Å². The van der Waals surface area contributed by atoms with Crippen molar-refractivity contribution >= 4 is 22.7 Å². The lowest BCUT2D eigenvalue weighted by atomic mass is 10.1. The van der Waals surface area contributed by atoms with Crippen LogP contribution < -0.4 is 5.73 Å². The Morgan fingerprint density at radius 3 is 2.68 bits per heavy atom. The van der Waals surface area contributed by atoms with E-state index < -0.39 is 0 Å². The van der Waals surface area contributed by atoms with Crippen LogP contribution in [0, 0.1) is 12.3 Å². The van der Waals surface area contributed by atoms with Gasteiger partial charge < -0.3 is 15.0 Å². The second-order valence-corrected chi connectivity index (χ2v) is 5.96. The van der Waals surface area contributed by atoms with E-state index in [-0.39, 0.29) is 11.8 Å². The number of ether oxygens (including phenoxy) is 1. The molecule has 0 saturated heterocycles. The molecule has 0 spiro atoms. The molecule has 0 aliphatic rings. The molecule has 2 aromatic carbocycles. The molecule has 25 heavy (non-hydrogen) atoms. The number of carbonyl (C=O) groups is 1. The summed E-state index contributed by atoms with van der Waals surface area (Å²) in [6, 6.07) is 15.4. The number of nitrogens with zero attached hydrogens (tertiary/aromatic N) is 1. The highest BCUT2D eigenvalue weighted by Gasteiger charge is 2.18. The molecule has 0 amide bonds. The Bertz CT molecular complexity index is 957. The summed E-state index contributed by atoms with van der Waals surface area (Å²) >= 11 is 0. The smallest absolute Gasteiger partial charge is 0.354 e. The van der Waals surface area contributed by atoms with Crippen molar-refractivity contribution in [2.24, 2.45) is 5.73 Å². The Morgan fingerprint density at radius 1 is 1.20 bits per heavy atom. The Labute approximate surface area is 146 Å². The molecular weight excluding hydrogens is 314 g/mol. The van der Waals surface area contributed by atoms with Gasteiger partial charge in [0, 0.05) is 23.0 Å². The number of carbonyl (C=O) groups excluding carboxylic acids is 1. The number of nitrogens with one attached hydrogen (secondary N) is 1. The first-order chi connectivity index (χ1) is 12.0. The quantitative estimate of drug-likeness (QED) is 0.426. The Kier molecular flexibility index (Phi) is 4.57. The van der Waals surface area contributed by atoms with Crippen LogP contribution in [0.1, 0.15) is 34.1 Å². The van der Waals surface area contributed by atoms with Gasteiger partial charge in [-0.2, -0.15) is 0 Å². The van der Waals surface area contributed by atoms with Gasteiger partial charge in [-0.15, -0.1) is 0 Å². The van der Waals surface area contributed by atoms with Gasteiger partial charge in [0.1, 0.15) is 11.5 Å². The maximum absolute atomic E-state index is 12.4. The standard InChI is InChI=1S/C20H21N3O2/c1-3-25-20(24)18-11-16-13(2)6-4-9-17(16)23(18)12-14-7-5-8-15(10-14)19(21)22/h4-11H,3,12H2,1-2H3,(H3,21,22). The third-order valence-electron chi connectivity index (χ3n) is 4.23. The zero-order valence-corrected chi connectivity index (χ0v) is 14.4. The van der Waals surface area contributed by atoms with Gasteiger partial charge in [-0.1, -0.05) is 30.3 Å². The van der Waals surface area contributed by atoms with Crippen LogP contribution in [-0.4, -0.2) is 23.0 Å². The number of hydrogen-bond acceptors (Lipinski definition) is 3. The van der Waals surface area contributed by atoms with Crippen LogP contribution in [0.2, 0.25) is 0 Å². The number of nitrogens with two attached hydrogens (primary N) is 1. The molecule has 0 fully saturated rings. The van der Waals surface area contributed by atoms with Crippen LogP contribution in [0.15, 0.2) is 48.5 Å². The number of nitrogen functional groups attached to an aromatic ring is 1. The van der Waals surface area contributed by atoms with Crippen LogP contribution in [-0.2, 0) is 11.3 Å². The molecule has 3 aromatic rings. The summed E-state index contributed by atoms with van der Waals surface area (Å²) in [5.74, 6) is -0.304. The molecule has 0 atom stereocenters. The van der Waals surface area contributed by atoms with Gasteiger partial charge >= 0.3 is 5.97 Å². The first kappa shape index (κ1) is 16.8. The first-order valence-corrected chi connectivity index (χ1v) is 8.20. The molecule has 0 radical (unpaired) electrons. The summed E-state index contributed by atoms with van der Waals surface area (Å²) in [5, 5.41) is 8.64. The number of rotatable bonds is 5. The SMILES string of the molecule is CCOC(=O)c1cc2c(C)cccc2n1Cc1cccc(C(=N)N)c1. The zero-order valence-electron chi connectivity index (χ0n) is 14.4. The maximum Gasteiger partial charge on any atom is 0.354 e. The fourth-order valence-corrected chi connectivity index (χ4v) is 3.00. The van der Waals surface area contributed by atoms with Gasteiger partial charge in [0.05, 0.1) is 6.61 Å². The van der Waals surface area contributed by atoms with Crippen molar-refractivity contribution in [1.29, 1.82) is 5.41 Å². The number of fused-ring (bicyclic) bond motifs is 1. The minimum atomic E-state index is -0.333. The van der Waals surface area contributed by atoms with Gasteiger partial charge in [-0.05, 0) is 43.2 Å². The predicted octanol–water partition coefficient (Wildman–Crippen LogP) is 3.46. The first-order valence-electron chi connectivity index (χ1n) is 8.20. The minimum absolute atomic E-state index is 0.0284. The van der Waals surface area contributed by atoms with Crippen molar-refractivity contribution in [2.75, 3.05) is 6.61 Å². The van der Waals surface area contributed by atoms with E-state index in [1.807, 2.05) is 54.0 Å². The molecule has 3 rings (SSSR count). The summed E-state index contributed by atoms with van der Waals surface area (Å²) in [5.41, 5.74) is 9.85. The highest BCUT2D eigenvalue weighted by Crippen LogP contribution is 2.25. The van der Waals surface area contributed by atoms with Crippen molar-refractivity contribution in [3.05, 3.63) is 70.9 Å². The van der Waals surface area contributed by atoms with Crippen molar-refractivity contribution in [3.63, 3.8) is 0 Å². The molecule has 3 N–H and O–H groups in total. The highest BCUT2D eigenvalue weighted by atomic mass is 16.5. The average molecular weight is 335 g/mol. The van der Waals surface area contributed by atoms with Crippen molar-refractivity contribution in [3.8, 4) is 0 Å². The number of benzene rings is 2. The summed E-state index contributed by atoms with van der Waals surface area (Å²) in [7, 11) is 0. The topological polar surface area (TPSA) is 81.1 Å².